The summed E-state index contributed by atoms with van der Waals surface area (Å²) >= 11 is 0. The summed E-state index contributed by atoms with van der Waals surface area (Å²) in [4.78, 5) is 70.1. The molecule has 4 aliphatic rings. The van der Waals surface area contributed by atoms with Gasteiger partial charge in [-0.2, -0.15) is 0 Å². The first kappa shape index (κ1) is 34.3. The van der Waals surface area contributed by atoms with Crippen molar-refractivity contribution in [1.82, 2.24) is 15.1 Å². The minimum absolute atomic E-state index is 0.0342. The molecule has 5 rings (SSSR count). The molecule has 0 unspecified atom stereocenters. The number of amides is 3. The third-order valence-corrected chi connectivity index (χ3v) is 8.89. The lowest BCUT2D eigenvalue weighted by Crippen LogP contribution is -2.54. The summed E-state index contributed by atoms with van der Waals surface area (Å²) in [7, 11) is 0. The van der Waals surface area contributed by atoms with E-state index < -0.39 is 64.9 Å². The van der Waals surface area contributed by atoms with Crippen LogP contribution in [0.1, 0.15) is 70.9 Å². The number of esters is 2. The molecule has 12 nitrogen and oxygen atoms in total. The molecule has 3 heterocycles. The van der Waals surface area contributed by atoms with Crippen molar-refractivity contribution in [3.05, 3.63) is 47.3 Å². The number of ether oxygens (including phenoxy) is 4. The number of hydrogen-bond donors (Lipinski definition) is 1. The van der Waals surface area contributed by atoms with E-state index in [1.54, 1.807) is 39.8 Å². The fourth-order valence-electron chi connectivity index (χ4n) is 6.49. The zero-order chi connectivity index (χ0) is 33.9. The minimum atomic E-state index is -1.28. The van der Waals surface area contributed by atoms with Crippen LogP contribution < -0.4 is 5.32 Å². The monoisotopic (exact) mass is 657 g/mol. The smallest absolute Gasteiger partial charge is 0.410 e. The molecule has 2 fully saturated rings. The van der Waals surface area contributed by atoms with Gasteiger partial charge in [0.2, 0.25) is 11.8 Å². The summed E-state index contributed by atoms with van der Waals surface area (Å²) in [6, 6.07) is 3.56. The summed E-state index contributed by atoms with van der Waals surface area (Å²) in [6.07, 6.45) is 3.01. The van der Waals surface area contributed by atoms with E-state index in [9.17, 15) is 28.4 Å². The maximum absolute atomic E-state index is 14.3. The number of benzene rings is 1. The number of rotatable bonds is 5. The second-order valence-electron chi connectivity index (χ2n) is 13.6. The van der Waals surface area contributed by atoms with Gasteiger partial charge in [-0.1, -0.05) is 24.3 Å². The highest BCUT2D eigenvalue weighted by atomic mass is 19.1. The topological polar surface area (TPSA) is 141 Å². The zero-order valence-electron chi connectivity index (χ0n) is 27.4. The standard InChI is InChI=1S/C34H44FN3O9/c1-5-45-31(42)34-17-23(34)10-6-7-13-44-14-12-21(15-28(39)47-33(2,3)4)30(41)38-19-24(16-27(38)29(40)36-34)46-32(43)37-18-22-9-8-11-26(35)25(22)20-37/h6,8-11,21,23-24,27H,5,7,12-20H2,1-4H3,(H,36,40)/b10-6-/t21-,23-,24-,27+,34-/m1/s1. The molecule has 1 aromatic carbocycles. The highest BCUT2D eigenvalue weighted by Crippen LogP contribution is 2.46. The van der Waals surface area contributed by atoms with E-state index >= 15 is 0 Å². The van der Waals surface area contributed by atoms with E-state index in [0.29, 0.717) is 30.6 Å². The van der Waals surface area contributed by atoms with Gasteiger partial charge in [0.15, 0.2) is 0 Å². The molecule has 1 aromatic rings. The molecule has 5 atom stereocenters. The van der Waals surface area contributed by atoms with Crippen LogP contribution in [0.2, 0.25) is 0 Å². The molecule has 0 spiro atoms. The van der Waals surface area contributed by atoms with Gasteiger partial charge in [0.1, 0.15) is 29.1 Å². The lowest BCUT2D eigenvalue weighted by molar-refractivity contribution is -0.159. The average Bonchev–Trinajstić information content (AvgIpc) is 3.31. The van der Waals surface area contributed by atoms with Crippen LogP contribution in [0, 0.1) is 17.7 Å². The summed E-state index contributed by atoms with van der Waals surface area (Å²) in [5.74, 6) is -3.78. The Morgan fingerprint density at radius 1 is 1.15 bits per heavy atom. The third kappa shape index (κ3) is 7.94. The van der Waals surface area contributed by atoms with Gasteiger partial charge in [-0.25, -0.2) is 14.0 Å². The number of nitrogens with zero attached hydrogens (tertiary/aromatic N) is 2. The molecule has 256 valence electrons. The Balaban J connectivity index is 1.38. The van der Waals surface area contributed by atoms with Gasteiger partial charge in [0.05, 0.1) is 38.6 Å². The Kier molecular flexibility index (Phi) is 10.2. The Hall–Kier alpha value is -4.00. The number of carbonyl (C=O) groups excluding carboxylic acids is 5. The molecule has 0 bridgehead atoms. The van der Waals surface area contributed by atoms with Crippen LogP contribution in [0.5, 0.6) is 0 Å². The predicted molar refractivity (Wildman–Crippen MR) is 165 cm³/mol. The molecule has 3 aliphatic heterocycles. The van der Waals surface area contributed by atoms with E-state index in [0.717, 1.165) is 0 Å². The van der Waals surface area contributed by atoms with Gasteiger partial charge in [-0.3, -0.25) is 19.3 Å². The van der Waals surface area contributed by atoms with E-state index in [1.807, 2.05) is 12.2 Å². The molecule has 47 heavy (non-hydrogen) atoms. The number of fused-ring (bicyclic) bond motifs is 3. The van der Waals surface area contributed by atoms with Crippen molar-refractivity contribution in [2.24, 2.45) is 11.8 Å². The molecule has 1 N–H and O–H groups in total. The Bertz CT molecular complexity index is 1430. The summed E-state index contributed by atoms with van der Waals surface area (Å²) in [6.45, 7) is 7.66. The number of hydrogen-bond acceptors (Lipinski definition) is 9. The van der Waals surface area contributed by atoms with Crippen LogP contribution >= 0.6 is 0 Å². The van der Waals surface area contributed by atoms with Crippen molar-refractivity contribution >= 4 is 29.8 Å². The molecule has 1 saturated carbocycles. The fourth-order valence-corrected chi connectivity index (χ4v) is 6.49. The number of nitrogens with one attached hydrogen (secondary N) is 1. The molecule has 1 aliphatic carbocycles. The van der Waals surface area contributed by atoms with E-state index in [2.05, 4.69) is 5.32 Å². The van der Waals surface area contributed by atoms with Crippen molar-refractivity contribution in [3.8, 4) is 0 Å². The Labute approximate surface area is 273 Å². The highest BCUT2D eigenvalue weighted by Gasteiger charge is 2.62. The summed E-state index contributed by atoms with van der Waals surface area (Å²) in [5, 5.41) is 2.87. The number of halogens is 1. The first-order valence-corrected chi connectivity index (χ1v) is 16.3. The van der Waals surface area contributed by atoms with Gasteiger partial charge in [-0.15, -0.1) is 0 Å². The Morgan fingerprint density at radius 3 is 2.66 bits per heavy atom. The molecular weight excluding hydrogens is 613 g/mol. The maximum atomic E-state index is 14.3. The largest absolute Gasteiger partial charge is 0.464 e. The van der Waals surface area contributed by atoms with Crippen molar-refractivity contribution in [2.45, 2.75) is 96.2 Å². The van der Waals surface area contributed by atoms with E-state index in [1.165, 1.54) is 15.9 Å². The molecule has 3 amide bonds. The normalized spacial score (nSPS) is 28.5. The SMILES string of the molecule is CCOC(=O)[C@@]12C[C@H]1/C=C\CCOCC[C@H](CC(=O)OC(C)(C)C)C(=O)N1C[C@H](OC(=O)N3Cc4cccc(F)c4C3)C[C@H]1C(=O)N2. The first-order chi connectivity index (χ1) is 22.3. The van der Waals surface area contributed by atoms with Crippen LogP contribution in [-0.2, 0) is 51.2 Å². The summed E-state index contributed by atoms with van der Waals surface area (Å²) < 4.78 is 36.7. The molecule has 13 heteroatoms. The van der Waals surface area contributed by atoms with Crippen LogP contribution in [0.15, 0.2) is 30.4 Å². The quantitative estimate of drug-likeness (QED) is 0.287. The lowest BCUT2D eigenvalue weighted by Gasteiger charge is -2.29. The second kappa shape index (κ2) is 14.0. The van der Waals surface area contributed by atoms with Crippen LogP contribution in [-0.4, -0.2) is 89.3 Å². The van der Waals surface area contributed by atoms with E-state index in [4.69, 9.17) is 18.9 Å². The van der Waals surface area contributed by atoms with Crippen LogP contribution in [0.25, 0.3) is 0 Å². The van der Waals surface area contributed by atoms with Crippen LogP contribution in [0.3, 0.4) is 0 Å². The van der Waals surface area contributed by atoms with Gasteiger partial charge in [0.25, 0.3) is 0 Å². The van der Waals surface area contributed by atoms with Gasteiger partial charge in [0, 0.05) is 31.1 Å². The molecular formula is C34H44FN3O9. The predicted octanol–water partition coefficient (Wildman–Crippen LogP) is 3.40. The van der Waals surface area contributed by atoms with Crippen molar-refractivity contribution in [3.63, 3.8) is 0 Å². The fraction of sp³-hybridized carbons (Fsp3) is 0.618. The molecule has 1 saturated heterocycles. The zero-order valence-corrected chi connectivity index (χ0v) is 27.4. The Morgan fingerprint density at radius 2 is 1.94 bits per heavy atom. The van der Waals surface area contributed by atoms with Gasteiger partial charge >= 0.3 is 18.0 Å². The van der Waals surface area contributed by atoms with Gasteiger partial charge in [-0.05, 0) is 58.6 Å². The minimum Gasteiger partial charge on any atom is -0.464 e. The van der Waals surface area contributed by atoms with Crippen molar-refractivity contribution < 1.29 is 47.3 Å². The van der Waals surface area contributed by atoms with Gasteiger partial charge < -0.3 is 29.2 Å². The molecule has 0 aromatic heterocycles. The average molecular weight is 658 g/mol. The first-order valence-electron chi connectivity index (χ1n) is 16.3. The lowest BCUT2D eigenvalue weighted by atomic mass is 9.99. The second-order valence-corrected chi connectivity index (χ2v) is 13.6. The van der Waals surface area contributed by atoms with Crippen LogP contribution in [0.4, 0.5) is 9.18 Å². The highest BCUT2D eigenvalue weighted by molar-refractivity contribution is 5.96. The number of carbonyl (C=O) groups is 5. The van der Waals surface area contributed by atoms with E-state index in [-0.39, 0.29) is 58.0 Å². The van der Waals surface area contributed by atoms with Crippen molar-refractivity contribution in [1.29, 1.82) is 0 Å². The maximum Gasteiger partial charge on any atom is 0.410 e. The third-order valence-electron chi connectivity index (χ3n) is 8.89. The summed E-state index contributed by atoms with van der Waals surface area (Å²) in [5.41, 5.74) is -0.948. The molecule has 0 radical (unpaired) electrons. The van der Waals surface area contributed by atoms with Crippen molar-refractivity contribution in [2.75, 3.05) is 26.4 Å².